The van der Waals surface area contributed by atoms with E-state index in [9.17, 15) is 8.78 Å². The van der Waals surface area contributed by atoms with Gasteiger partial charge in [0.15, 0.2) is 0 Å². The van der Waals surface area contributed by atoms with Crippen LogP contribution in [0.4, 0.5) is 14.5 Å². The van der Waals surface area contributed by atoms with Gasteiger partial charge in [0, 0.05) is 16.7 Å². The van der Waals surface area contributed by atoms with Crippen LogP contribution in [0.2, 0.25) is 0 Å². The predicted octanol–water partition coefficient (Wildman–Crippen LogP) is 5.41. The van der Waals surface area contributed by atoms with Crippen LogP contribution in [0.5, 0.6) is 0 Å². The summed E-state index contributed by atoms with van der Waals surface area (Å²) >= 11 is 6.45. The van der Waals surface area contributed by atoms with Gasteiger partial charge >= 0.3 is 0 Å². The van der Waals surface area contributed by atoms with E-state index >= 15 is 0 Å². The highest BCUT2D eigenvalue weighted by Crippen LogP contribution is 2.25. The molecule has 19 heavy (non-hydrogen) atoms. The molecule has 0 spiro atoms. The van der Waals surface area contributed by atoms with Gasteiger partial charge in [0.1, 0.15) is 11.6 Å². The maximum Gasteiger partial charge on any atom is 0.139 e. The molecule has 2 rings (SSSR count). The third-order valence-corrected chi connectivity index (χ3v) is 4.10. The Morgan fingerprint density at radius 2 is 1.79 bits per heavy atom. The summed E-state index contributed by atoms with van der Waals surface area (Å²) < 4.78 is 27.6. The zero-order valence-electron chi connectivity index (χ0n) is 10.1. The molecule has 2 aromatic rings. The maximum atomic E-state index is 13.5. The molecule has 100 valence electrons. The molecule has 0 amide bonds. The standard InChI is InChI=1S/C14H11Br2F2N/c1-8-4-12(16)13(18)6-14(8)19-7-9-2-3-10(17)5-11(9)15/h2-6,19H,7H2,1H3. The van der Waals surface area contributed by atoms with Crippen molar-refractivity contribution in [2.45, 2.75) is 13.5 Å². The van der Waals surface area contributed by atoms with E-state index in [-0.39, 0.29) is 11.6 Å². The molecule has 5 heteroatoms. The first-order valence-corrected chi connectivity index (χ1v) is 7.19. The van der Waals surface area contributed by atoms with E-state index in [0.717, 1.165) is 16.8 Å². The Balaban J connectivity index is 2.16. The molecule has 0 aliphatic carbocycles. The molecular weight excluding hydrogens is 380 g/mol. The van der Waals surface area contributed by atoms with Gasteiger partial charge in [-0.25, -0.2) is 8.78 Å². The lowest BCUT2D eigenvalue weighted by Crippen LogP contribution is -2.02. The summed E-state index contributed by atoms with van der Waals surface area (Å²) in [6.45, 7) is 2.38. The van der Waals surface area contributed by atoms with Crippen LogP contribution in [0.3, 0.4) is 0 Å². The van der Waals surface area contributed by atoms with Gasteiger partial charge < -0.3 is 5.32 Å². The fourth-order valence-corrected chi connectivity index (χ4v) is 2.64. The highest BCUT2D eigenvalue weighted by Gasteiger charge is 2.06. The first kappa shape index (κ1) is 14.5. The largest absolute Gasteiger partial charge is 0.381 e. The molecular formula is C14H11Br2F2N. The van der Waals surface area contributed by atoms with Crippen LogP contribution in [-0.4, -0.2) is 0 Å². The number of halogens is 4. The van der Waals surface area contributed by atoms with Gasteiger partial charge in [-0.2, -0.15) is 0 Å². The van der Waals surface area contributed by atoms with Crippen molar-refractivity contribution in [3.8, 4) is 0 Å². The molecule has 0 aliphatic rings. The average molecular weight is 391 g/mol. The minimum absolute atomic E-state index is 0.290. The van der Waals surface area contributed by atoms with Crippen LogP contribution in [0.25, 0.3) is 0 Å². The van der Waals surface area contributed by atoms with Crippen molar-refractivity contribution in [1.82, 2.24) is 0 Å². The molecule has 0 aromatic heterocycles. The Morgan fingerprint density at radius 1 is 1.05 bits per heavy atom. The van der Waals surface area contributed by atoms with Gasteiger partial charge in [-0.05, 0) is 58.2 Å². The molecule has 0 aliphatic heterocycles. The number of hydrogen-bond acceptors (Lipinski definition) is 1. The Kier molecular flexibility index (Phi) is 4.58. The Hall–Kier alpha value is -0.940. The second-order valence-corrected chi connectivity index (χ2v) is 5.88. The average Bonchev–Trinajstić information content (AvgIpc) is 2.34. The Morgan fingerprint density at radius 3 is 2.47 bits per heavy atom. The molecule has 0 bridgehead atoms. The van der Waals surface area contributed by atoms with Crippen molar-refractivity contribution in [3.63, 3.8) is 0 Å². The van der Waals surface area contributed by atoms with Gasteiger partial charge in [-0.1, -0.05) is 22.0 Å². The smallest absolute Gasteiger partial charge is 0.139 e. The summed E-state index contributed by atoms with van der Waals surface area (Å²) in [5, 5.41) is 3.14. The molecule has 2 aromatic carbocycles. The number of nitrogens with one attached hydrogen (secondary N) is 1. The lowest BCUT2D eigenvalue weighted by Gasteiger charge is -2.11. The monoisotopic (exact) mass is 389 g/mol. The molecule has 0 atom stereocenters. The molecule has 0 saturated carbocycles. The number of hydrogen-bond donors (Lipinski definition) is 1. The van der Waals surface area contributed by atoms with Crippen molar-refractivity contribution in [3.05, 3.63) is 62.0 Å². The molecule has 0 fully saturated rings. The van der Waals surface area contributed by atoms with Crippen LogP contribution >= 0.6 is 31.9 Å². The minimum atomic E-state index is -0.314. The van der Waals surface area contributed by atoms with Gasteiger partial charge in [0.2, 0.25) is 0 Å². The highest BCUT2D eigenvalue weighted by molar-refractivity contribution is 9.10. The summed E-state index contributed by atoms with van der Waals surface area (Å²) in [5.74, 6) is -0.604. The lowest BCUT2D eigenvalue weighted by atomic mass is 10.1. The second kappa shape index (κ2) is 6.01. The number of rotatable bonds is 3. The molecule has 0 saturated heterocycles. The van der Waals surface area contributed by atoms with E-state index in [1.807, 2.05) is 6.92 Å². The number of anilines is 1. The van der Waals surface area contributed by atoms with Gasteiger partial charge in [0.25, 0.3) is 0 Å². The van der Waals surface area contributed by atoms with Crippen LogP contribution < -0.4 is 5.32 Å². The van der Waals surface area contributed by atoms with E-state index in [4.69, 9.17) is 0 Å². The molecule has 0 heterocycles. The maximum absolute atomic E-state index is 13.5. The lowest BCUT2D eigenvalue weighted by molar-refractivity contribution is 0.621. The van der Waals surface area contributed by atoms with E-state index in [1.165, 1.54) is 18.2 Å². The third-order valence-electron chi connectivity index (χ3n) is 2.75. The summed E-state index contributed by atoms with van der Waals surface area (Å²) in [4.78, 5) is 0. The zero-order valence-corrected chi connectivity index (χ0v) is 13.3. The molecule has 0 unspecified atom stereocenters. The van der Waals surface area contributed by atoms with E-state index in [0.29, 0.717) is 15.5 Å². The topological polar surface area (TPSA) is 12.0 Å². The van der Waals surface area contributed by atoms with Crippen molar-refractivity contribution < 1.29 is 8.78 Å². The van der Waals surface area contributed by atoms with Crippen molar-refractivity contribution in [1.29, 1.82) is 0 Å². The SMILES string of the molecule is Cc1cc(Br)c(F)cc1NCc1ccc(F)cc1Br. The Bertz CT molecular complexity index is 615. The normalized spacial score (nSPS) is 10.6. The Labute approximate surface area is 127 Å². The zero-order chi connectivity index (χ0) is 14.0. The van der Waals surface area contributed by atoms with E-state index in [1.54, 1.807) is 12.1 Å². The van der Waals surface area contributed by atoms with Crippen LogP contribution in [0.15, 0.2) is 39.3 Å². The van der Waals surface area contributed by atoms with E-state index in [2.05, 4.69) is 37.2 Å². The van der Waals surface area contributed by atoms with E-state index < -0.39 is 0 Å². The van der Waals surface area contributed by atoms with Crippen LogP contribution in [0, 0.1) is 18.6 Å². The fraction of sp³-hybridized carbons (Fsp3) is 0.143. The number of aryl methyl sites for hydroxylation is 1. The van der Waals surface area contributed by atoms with Crippen molar-refractivity contribution in [2.75, 3.05) is 5.32 Å². The summed E-state index contributed by atoms with van der Waals surface area (Å²) in [6, 6.07) is 7.66. The highest BCUT2D eigenvalue weighted by atomic mass is 79.9. The van der Waals surface area contributed by atoms with Crippen LogP contribution in [-0.2, 0) is 6.54 Å². The summed E-state index contributed by atoms with van der Waals surface area (Å²) in [7, 11) is 0. The minimum Gasteiger partial charge on any atom is -0.381 e. The first-order valence-electron chi connectivity index (χ1n) is 5.61. The van der Waals surface area contributed by atoms with Gasteiger partial charge in [-0.15, -0.1) is 0 Å². The quantitative estimate of drug-likeness (QED) is 0.738. The summed E-state index contributed by atoms with van der Waals surface area (Å²) in [6.07, 6.45) is 0. The van der Waals surface area contributed by atoms with Crippen LogP contribution in [0.1, 0.15) is 11.1 Å². The first-order chi connectivity index (χ1) is 8.97. The van der Waals surface area contributed by atoms with Gasteiger partial charge in [0.05, 0.1) is 4.47 Å². The molecule has 1 N–H and O–H groups in total. The third kappa shape index (κ3) is 3.54. The number of benzene rings is 2. The van der Waals surface area contributed by atoms with Gasteiger partial charge in [-0.3, -0.25) is 0 Å². The second-order valence-electron chi connectivity index (χ2n) is 4.17. The predicted molar refractivity (Wildman–Crippen MR) is 80.3 cm³/mol. The molecule has 0 radical (unpaired) electrons. The molecule has 1 nitrogen and oxygen atoms in total. The van der Waals surface area contributed by atoms with Crippen molar-refractivity contribution in [2.24, 2.45) is 0 Å². The van der Waals surface area contributed by atoms with Crippen molar-refractivity contribution >= 4 is 37.5 Å². The summed E-state index contributed by atoms with van der Waals surface area (Å²) in [5.41, 5.74) is 2.56. The fourth-order valence-electron chi connectivity index (χ4n) is 1.69.